The quantitative estimate of drug-likeness (QED) is 0.167. The molecule has 0 saturated carbocycles. The second-order valence-electron chi connectivity index (χ2n) is 14.8. The molecule has 1 fully saturated rings. The Labute approximate surface area is 308 Å². The zero-order chi connectivity index (χ0) is 37.5. The van der Waals surface area contributed by atoms with Crippen LogP contribution in [0.3, 0.4) is 0 Å². The van der Waals surface area contributed by atoms with Gasteiger partial charge in [-0.05, 0) is 118 Å². The fraction of sp³-hybridized carbons (Fsp3) is 0.357. The Morgan fingerprint density at radius 3 is 2.27 bits per heavy atom. The number of anilines is 1. The smallest absolute Gasteiger partial charge is 0.307 e. The van der Waals surface area contributed by atoms with E-state index in [1.807, 2.05) is 37.1 Å². The van der Waals surface area contributed by atoms with E-state index in [9.17, 15) is 19.1 Å². The summed E-state index contributed by atoms with van der Waals surface area (Å²) in [4.78, 5) is 28.0. The lowest BCUT2D eigenvalue weighted by atomic mass is 9.80. The lowest BCUT2D eigenvalue weighted by molar-refractivity contribution is -0.136. The van der Waals surface area contributed by atoms with Crippen LogP contribution in [0.4, 0.5) is 10.1 Å². The number of aliphatic hydroxyl groups is 1. The van der Waals surface area contributed by atoms with E-state index in [0.29, 0.717) is 30.8 Å². The van der Waals surface area contributed by atoms with Gasteiger partial charge in [-0.3, -0.25) is 9.59 Å². The van der Waals surface area contributed by atoms with Crippen LogP contribution in [-0.4, -0.2) is 57.1 Å². The lowest BCUT2D eigenvalue weighted by Gasteiger charge is -2.36. The predicted octanol–water partition coefficient (Wildman–Crippen LogP) is 9.25. The molecule has 0 atom stereocenters. The Balaban J connectivity index is 0.000000870. The first kappa shape index (κ1) is 37.1. The molecule has 52 heavy (non-hydrogen) atoms. The first-order valence-electron chi connectivity index (χ1n) is 17.6. The van der Waals surface area contributed by atoms with Crippen LogP contribution in [0.2, 0.25) is 0 Å². The summed E-state index contributed by atoms with van der Waals surface area (Å²) in [5.41, 5.74) is 11.5. The molecular weight excluding hydrogens is 678 g/mol. The highest BCUT2D eigenvalue weighted by Crippen LogP contribution is 2.50. The molecule has 4 aromatic carbocycles. The maximum atomic E-state index is 14.0. The number of hydrogen-bond donors (Lipinski definition) is 2. The standard InChI is InChI=1S/C38H36FN3O4S.C4H10O/c1-21-5-7-24(8-6-21)34-23(3)35-31-17-26(9-10-27(31)20-42(47-4)37(35)22(2)30(34)19-33(43)44)38(45)41-15-13-25(14-16-41)36-29-12-11-28(39)18-32(29)46-40-36;1-4(2,3)5/h5-12,17-18,25H,13-16,19-20H2,1-4H3,(H,43,44);5H,1-3H3. The van der Waals surface area contributed by atoms with E-state index in [0.717, 1.165) is 79.7 Å². The summed E-state index contributed by atoms with van der Waals surface area (Å²) in [5, 5.41) is 23.6. The lowest BCUT2D eigenvalue weighted by Crippen LogP contribution is -2.38. The van der Waals surface area contributed by atoms with Crippen molar-refractivity contribution in [3.8, 4) is 22.3 Å². The second kappa shape index (κ2) is 14.8. The molecule has 7 rings (SSSR count). The van der Waals surface area contributed by atoms with Crippen molar-refractivity contribution < 1.29 is 28.7 Å². The van der Waals surface area contributed by atoms with Crippen molar-refractivity contribution >= 4 is 40.5 Å². The molecule has 5 aromatic rings. The number of benzene rings is 4. The van der Waals surface area contributed by atoms with Crippen molar-refractivity contribution in [3.63, 3.8) is 0 Å². The summed E-state index contributed by atoms with van der Waals surface area (Å²) < 4.78 is 21.3. The molecule has 0 radical (unpaired) electrons. The van der Waals surface area contributed by atoms with Crippen LogP contribution in [0.25, 0.3) is 33.2 Å². The highest BCUT2D eigenvalue weighted by molar-refractivity contribution is 7.99. The number of aryl methyl sites for hydroxylation is 1. The van der Waals surface area contributed by atoms with Gasteiger partial charge < -0.3 is 23.9 Å². The fourth-order valence-corrected chi connectivity index (χ4v) is 8.08. The Hall–Kier alpha value is -4.67. The number of carbonyl (C=O) groups is 2. The monoisotopic (exact) mass is 723 g/mol. The third kappa shape index (κ3) is 7.59. The third-order valence-corrected chi connectivity index (χ3v) is 10.6. The van der Waals surface area contributed by atoms with Crippen molar-refractivity contribution in [3.05, 3.63) is 106 Å². The molecular formula is C42H46FN3O5S. The van der Waals surface area contributed by atoms with Crippen LogP contribution < -0.4 is 4.31 Å². The minimum absolute atomic E-state index is 0.0113. The highest BCUT2D eigenvalue weighted by atomic mass is 32.2. The maximum Gasteiger partial charge on any atom is 0.307 e. The van der Waals surface area contributed by atoms with E-state index in [4.69, 9.17) is 9.63 Å². The number of carboxylic acid groups (broad SMARTS) is 1. The van der Waals surface area contributed by atoms with Gasteiger partial charge in [-0.15, -0.1) is 0 Å². The van der Waals surface area contributed by atoms with E-state index in [2.05, 4.69) is 46.7 Å². The highest BCUT2D eigenvalue weighted by Gasteiger charge is 2.32. The molecule has 8 nitrogen and oxygen atoms in total. The Kier molecular flexibility index (Phi) is 10.5. The van der Waals surface area contributed by atoms with Gasteiger partial charge in [-0.25, -0.2) is 4.39 Å². The summed E-state index contributed by atoms with van der Waals surface area (Å²) >= 11 is 1.62. The topological polar surface area (TPSA) is 107 Å². The van der Waals surface area contributed by atoms with E-state index < -0.39 is 11.6 Å². The molecule has 2 aliphatic rings. The molecule has 0 spiro atoms. The van der Waals surface area contributed by atoms with Gasteiger partial charge in [0.25, 0.3) is 5.91 Å². The molecule has 0 unspecified atom stereocenters. The van der Waals surface area contributed by atoms with Gasteiger partial charge in [0, 0.05) is 47.8 Å². The summed E-state index contributed by atoms with van der Waals surface area (Å²) in [6.45, 7) is 13.2. The van der Waals surface area contributed by atoms with Crippen LogP contribution in [0.1, 0.15) is 83.4 Å². The SMILES string of the molecule is CC(C)(C)O.CSN1Cc2ccc(C(=O)N3CCC(c4noc5cc(F)ccc45)CC3)cc2-c2c(C)c(-c3ccc(C)cc3)c(CC(=O)O)c(C)c21. The third-order valence-electron chi connectivity index (χ3n) is 9.81. The minimum Gasteiger partial charge on any atom is -0.481 e. The minimum atomic E-state index is -0.866. The van der Waals surface area contributed by atoms with Crippen molar-refractivity contribution in [2.24, 2.45) is 0 Å². The van der Waals surface area contributed by atoms with Gasteiger partial charge in [0.05, 0.1) is 29.9 Å². The van der Waals surface area contributed by atoms with Gasteiger partial charge in [0.2, 0.25) is 0 Å². The van der Waals surface area contributed by atoms with Crippen LogP contribution >= 0.6 is 11.9 Å². The summed E-state index contributed by atoms with van der Waals surface area (Å²) in [7, 11) is 0. The van der Waals surface area contributed by atoms with Crippen molar-refractivity contribution in [2.45, 2.75) is 78.9 Å². The van der Waals surface area contributed by atoms with Gasteiger partial charge >= 0.3 is 5.97 Å². The number of carboxylic acids is 1. The zero-order valence-electron chi connectivity index (χ0n) is 30.8. The maximum absolute atomic E-state index is 14.0. The number of likely N-dealkylation sites (tertiary alicyclic amines) is 1. The van der Waals surface area contributed by atoms with Gasteiger partial charge in [-0.1, -0.05) is 53.0 Å². The molecule has 1 aromatic heterocycles. The van der Waals surface area contributed by atoms with Crippen molar-refractivity contribution in [1.29, 1.82) is 0 Å². The first-order valence-corrected chi connectivity index (χ1v) is 18.8. The fourth-order valence-electron chi connectivity index (χ4n) is 7.40. The number of nitrogens with zero attached hydrogens (tertiary/aromatic N) is 3. The van der Waals surface area contributed by atoms with E-state index in [-0.39, 0.29) is 24.1 Å². The molecule has 272 valence electrons. The number of fused-ring (bicyclic) bond motifs is 4. The number of carbonyl (C=O) groups excluding carboxylic acids is 1. The predicted molar refractivity (Wildman–Crippen MR) is 206 cm³/mol. The van der Waals surface area contributed by atoms with Gasteiger partial charge in [0.1, 0.15) is 5.82 Å². The van der Waals surface area contributed by atoms with E-state index in [1.165, 1.54) is 12.1 Å². The molecule has 0 aliphatic carbocycles. The summed E-state index contributed by atoms with van der Waals surface area (Å²) in [6, 6.07) is 18.8. The summed E-state index contributed by atoms with van der Waals surface area (Å²) in [6.07, 6.45) is 3.45. The average Bonchev–Trinajstić information content (AvgIpc) is 3.52. The number of rotatable bonds is 6. The molecule has 2 aliphatic heterocycles. The first-order chi connectivity index (χ1) is 24.6. The Morgan fingerprint density at radius 2 is 1.63 bits per heavy atom. The molecule has 0 bridgehead atoms. The average molecular weight is 724 g/mol. The Morgan fingerprint density at radius 1 is 0.962 bits per heavy atom. The molecule has 2 N–H and O–H groups in total. The molecule has 1 amide bonds. The van der Waals surface area contributed by atoms with Crippen molar-refractivity contribution in [1.82, 2.24) is 10.1 Å². The number of amides is 1. The largest absolute Gasteiger partial charge is 0.481 e. The van der Waals surface area contributed by atoms with Gasteiger partial charge in [-0.2, -0.15) is 0 Å². The van der Waals surface area contributed by atoms with Crippen LogP contribution in [0.15, 0.2) is 65.2 Å². The molecule has 3 heterocycles. The van der Waals surface area contributed by atoms with Gasteiger partial charge in [0.15, 0.2) is 5.58 Å². The number of piperidine rings is 1. The van der Waals surface area contributed by atoms with Crippen LogP contribution in [0.5, 0.6) is 0 Å². The van der Waals surface area contributed by atoms with Crippen molar-refractivity contribution in [2.75, 3.05) is 23.7 Å². The molecule has 10 heteroatoms. The number of halogens is 1. The molecule has 1 saturated heterocycles. The Bertz CT molecular complexity index is 2140. The second-order valence-corrected chi connectivity index (χ2v) is 15.6. The normalized spacial score (nSPS) is 14.5. The number of aromatic nitrogens is 1. The van der Waals surface area contributed by atoms with E-state index >= 15 is 0 Å². The van der Waals surface area contributed by atoms with E-state index in [1.54, 1.807) is 38.8 Å². The van der Waals surface area contributed by atoms with Crippen LogP contribution in [0, 0.1) is 26.6 Å². The summed E-state index contributed by atoms with van der Waals surface area (Å²) in [5.74, 6) is -1.10. The number of aliphatic carboxylic acids is 1. The van der Waals surface area contributed by atoms with Crippen LogP contribution in [-0.2, 0) is 17.8 Å². The zero-order valence-corrected chi connectivity index (χ0v) is 31.7. The number of hydrogen-bond acceptors (Lipinski definition) is 7.